The van der Waals surface area contributed by atoms with Crippen LogP contribution >= 0.6 is 11.6 Å². The first kappa shape index (κ1) is 31.6. The van der Waals surface area contributed by atoms with E-state index in [0.717, 1.165) is 50.0 Å². The summed E-state index contributed by atoms with van der Waals surface area (Å²) in [6.07, 6.45) is 3.39. The highest BCUT2D eigenvalue weighted by Crippen LogP contribution is 2.38. The summed E-state index contributed by atoms with van der Waals surface area (Å²) < 4.78 is 11.6. The zero-order valence-corrected chi connectivity index (χ0v) is 28.2. The predicted octanol–water partition coefficient (Wildman–Crippen LogP) is 8.95. The number of amides is 1. The van der Waals surface area contributed by atoms with E-state index in [-0.39, 0.29) is 18.6 Å². The minimum atomic E-state index is -0.515. The third-order valence-electron chi connectivity index (χ3n) is 8.75. The summed E-state index contributed by atoms with van der Waals surface area (Å²) in [7, 11) is 0. The Balaban J connectivity index is 1.15. The van der Waals surface area contributed by atoms with Gasteiger partial charge in [-0.2, -0.15) is 0 Å². The molecule has 1 saturated heterocycles. The molecule has 0 atom stereocenters. The molecule has 1 aliphatic rings. The summed E-state index contributed by atoms with van der Waals surface area (Å²) in [6.45, 7) is 10.9. The zero-order valence-electron chi connectivity index (χ0n) is 27.5. The van der Waals surface area contributed by atoms with Gasteiger partial charge in [-0.3, -0.25) is 4.98 Å². The number of anilines is 2. The first-order valence-electron chi connectivity index (χ1n) is 15.9. The Kier molecular flexibility index (Phi) is 8.05. The predicted molar refractivity (Wildman–Crippen MR) is 189 cm³/mol. The molecule has 4 heterocycles. The van der Waals surface area contributed by atoms with Crippen molar-refractivity contribution in [2.24, 2.45) is 0 Å². The number of benzene rings is 3. The van der Waals surface area contributed by atoms with Gasteiger partial charge in [0.1, 0.15) is 16.6 Å². The van der Waals surface area contributed by atoms with Crippen molar-refractivity contribution in [3.05, 3.63) is 100 Å². The number of carbonyl (C=O) groups excluding carboxylic acids is 1. The van der Waals surface area contributed by atoms with Crippen LogP contribution in [0.15, 0.2) is 77.5 Å². The van der Waals surface area contributed by atoms with Gasteiger partial charge in [0.15, 0.2) is 11.4 Å². The van der Waals surface area contributed by atoms with Crippen molar-refractivity contribution < 1.29 is 19.1 Å². The Morgan fingerprint density at radius 1 is 1.02 bits per heavy atom. The molecule has 9 nitrogen and oxygen atoms in total. The van der Waals surface area contributed by atoms with E-state index in [4.69, 9.17) is 30.7 Å². The summed E-state index contributed by atoms with van der Waals surface area (Å²) in [5.74, 6) is 1.35. The van der Waals surface area contributed by atoms with Crippen LogP contribution in [0, 0.1) is 13.8 Å². The van der Waals surface area contributed by atoms with Gasteiger partial charge in [0.25, 0.3) is 0 Å². The highest BCUT2D eigenvalue weighted by Gasteiger charge is 2.35. The van der Waals surface area contributed by atoms with E-state index in [1.165, 1.54) is 0 Å². The molecule has 0 aliphatic carbocycles. The van der Waals surface area contributed by atoms with E-state index in [1.807, 2.05) is 57.3 Å². The quantitative estimate of drug-likeness (QED) is 0.182. The van der Waals surface area contributed by atoms with Crippen molar-refractivity contribution in [1.29, 1.82) is 0 Å². The lowest BCUT2D eigenvalue weighted by Crippen LogP contribution is -2.50. The van der Waals surface area contributed by atoms with Crippen molar-refractivity contribution >= 4 is 51.2 Å². The van der Waals surface area contributed by atoms with Crippen molar-refractivity contribution in [3.8, 4) is 22.6 Å². The molecule has 0 radical (unpaired) electrons. The Hall–Kier alpha value is -4.99. The van der Waals surface area contributed by atoms with Gasteiger partial charge in [0.05, 0.1) is 11.6 Å². The van der Waals surface area contributed by atoms with Gasteiger partial charge in [0, 0.05) is 48.0 Å². The molecule has 0 saturated carbocycles. The number of ether oxygens (including phenoxy) is 1. The molecule has 1 amide bonds. The molecular formula is C38H36ClN5O4. The molecule has 6 aromatic rings. The minimum Gasteiger partial charge on any atom is -0.444 e. The lowest BCUT2D eigenvalue weighted by Gasteiger charge is -2.39. The fourth-order valence-corrected chi connectivity index (χ4v) is 6.43. The van der Waals surface area contributed by atoms with Gasteiger partial charge in [-0.25, -0.2) is 14.8 Å². The number of oxazole rings is 1. The van der Waals surface area contributed by atoms with Crippen LogP contribution in [0.1, 0.15) is 48.9 Å². The Morgan fingerprint density at radius 3 is 2.50 bits per heavy atom. The largest absolute Gasteiger partial charge is 0.444 e. The number of fused-ring (bicyclic) bond motifs is 2. The van der Waals surface area contributed by atoms with Crippen LogP contribution in [-0.4, -0.2) is 49.7 Å². The Morgan fingerprint density at radius 2 is 1.75 bits per heavy atom. The minimum absolute atomic E-state index is 0.127. The number of hydrogen-bond acceptors (Lipinski definition) is 8. The summed E-state index contributed by atoms with van der Waals surface area (Å²) in [5.41, 5.74) is 9.08. The van der Waals surface area contributed by atoms with E-state index in [2.05, 4.69) is 42.3 Å². The van der Waals surface area contributed by atoms with E-state index in [1.54, 1.807) is 23.2 Å². The van der Waals surface area contributed by atoms with Crippen LogP contribution in [0.4, 0.5) is 16.3 Å². The maximum Gasteiger partial charge on any atom is 0.410 e. The van der Waals surface area contributed by atoms with Crippen LogP contribution in [0.5, 0.6) is 0 Å². The molecule has 0 unspecified atom stereocenters. The van der Waals surface area contributed by atoms with E-state index in [9.17, 15) is 9.90 Å². The first-order chi connectivity index (χ1) is 23.0. The number of rotatable bonds is 6. The van der Waals surface area contributed by atoms with Crippen molar-refractivity contribution in [2.45, 2.75) is 52.7 Å². The second-order valence-electron chi connectivity index (χ2n) is 13.3. The van der Waals surface area contributed by atoms with Crippen LogP contribution in [0.3, 0.4) is 0 Å². The van der Waals surface area contributed by atoms with E-state index in [0.29, 0.717) is 46.5 Å². The number of hydrogen-bond donors (Lipinski definition) is 2. The third-order valence-corrected chi connectivity index (χ3v) is 9.03. The molecular weight excluding hydrogens is 626 g/mol. The number of nitrogens with zero attached hydrogens (tertiary/aromatic N) is 4. The van der Waals surface area contributed by atoms with Crippen molar-refractivity contribution in [3.63, 3.8) is 0 Å². The fraction of sp³-hybridized carbons (Fsp3) is 0.263. The van der Waals surface area contributed by atoms with Crippen molar-refractivity contribution in [1.82, 2.24) is 19.9 Å². The van der Waals surface area contributed by atoms with Gasteiger partial charge in [-0.05, 0) is 104 Å². The number of nitrogens with one attached hydrogen (secondary N) is 1. The number of halogens is 1. The van der Waals surface area contributed by atoms with Gasteiger partial charge in [-0.15, -0.1) is 0 Å². The average molecular weight is 662 g/mol. The molecule has 10 heteroatoms. The Bertz CT molecular complexity index is 2200. The molecule has 3 aromatic heterocycles. The van der Waals surface area contributed by atoms with Crippen LogP contribution in [0.25, 0.3) is 44.6 Å². The zero-order chi connectivity index (χ0) is 33.7. The van der Waals surface area contributed by atoms with Crippen LogP contribution in [-0.2, 0) is 11.3 Å². The Labute approximate surface area is 283 Å². The van der Waals surface area contributed by atoms with Crippen molar-refractivity contribution in [2.75, 3.05) is 18.4 Å². The van der Waals surface area contributed by atoms with Gasteiger partial charge in [0.2, 0.25) is 5.89 Å². The number of likely N-dealkylation sites (tertiary alicyclic amines) is 1. The van der Waals surface area contributed by atoms with E-state index >= 15 is 0 Å². The molecule has 1 aliphatic heterocycles. The lowest BCUT2D eigenvalue weighted by atomic mass is 9.92. The monoisotopic (exact) mass is 661 g/mol. The summed E-state index contributed by atoms with van der Waals surface area (Å²) in [4.78, 5) is 28.3. The van der Waals surface area contributed by atoms with Gasteiger partial charge >= 0.3 is 6.09 Å². The van der Waals surface area contributed by atoms with Gasteiger partial charge in [-0.1, -0.05) is 35.9 Å². The molecule has 244 valence electrons. The maximum atomic E-state index is 12.4. The fourth-order valence-electron chi connectivity index (χ4n) is 6.16. The maximum absolute atomic E-state index is 12.4. The second-order valence-corrected chi connectivity index (χ2v) is 13.7. The molecule has 7 rings (SSSR count). The molecule has 0 bridgehead atoms. The van der Waals surface area contributed by atoms with Crippen LogP contribution < -0.4 is 5.32 Å². The smallest absolute Gasteiger partial charge is 0.410 e. The number of carbonyl (C=O) groups is 1. The van der Waals surface area contributed by atoms with Crippen LogP contribution in [0.2, 0.25) is 5.02 Å². The molecule has 3 aromatic carbocycles. The normalized spacial score (nSPS) is 13.6. The topological polar surface area (TPSA) is 114 Å². The standard InChI is InChI=1S/C38H36ClN5O4/c1-21-27(8-6-10-29(21)36-43-32-15-23(20-45)14-30(39)34(32)47-36)28-9-7-11-31(22(28)2)42-35-33-24(12-13-40-35)16-25(17-41-33)26-18-44(19-26)37(46)48-38(3,4)5/h6-17,26,45H,18-20H2,1-5H3,(H,40,42). The highest BCUT2D eigenvalue weighted by atomic mass is 35.5. The molecule has 0 spiro atoms. The van der Waals surface area contributed by atoms with Gasteiger partial charge < -0.3 is 24.5 Å². The SMILES string of the molecule is Cc1c(Nc2nccc3cc(C4CN(C(=O)OC(C)(C)C)C4)cnc23)cccc1-c1cccc(-c2nc3cc(CO)cc(Cl)c3o2)c1C. The molecule has 1 fully saturated rings. The number of aromatic nitrogens is 3. The molecule has 2 N–H and O–H groups in total. The summed E-state index contributed by atoms with van der Waals surface area (Å²) in [5, 5.41) is 14.5. The number of aliphatic hydroxyl groups excluding tert-OH is 1. The summed E-state index contributed by atoms with van der Waals surface area (Å²) in [6, 6.07) is 19.8. The van der Waals surface area contributed by atoms with E-state index < -0.39 is 5.60 Å². The second kappa shape index (κ2) is 12.2. The number of aliphatic hydroxyl groups is 1. The summed E-state index contributed by atoms with van der Waals surface area (Å²) >= 11 is 6.44. The third kappa shape index (κ3) is 5.95. The lowest BCUT2D eigenvalue weighted by molar-refractivity contribution is 0.00818. The number of pyridine rings is 2. The average Bonchev–Trinajstić information content (AvgIpc) is 3.45. The molecule has 48 heavy (non-hydrogen) atoms. The highest BCUT2D eigenvalue weighted by molar-refractivity contribution is 6.34. The first-order valence-corrected chi connectivity index (χ1v) is 16.3.